The Balaban J connectivity index is 1.51. The zero-order valence-corrected chi connectivity index (χ0v) is 20.1. The molecule has 0 radical (unpaired) electrons. The Bertz CT molecular complexity index is 1120. The Morgan fingerprint density at radius 1 is 1.06 bits per heavy atom. The lowest BCUT2D eigenvalue weighted by atomic mass is 10.1. The van der Waals surface area contributed by atoms with E-state index in [1.807, 2.05) is 66.9 Å². The van der Waals surface area contributed by atoms with Crippen molar-refractivity contribution < 1.29 is 19.8 Å². The molecule has 0 aliphatic rings. The SMILES string of the molecule is Cc1ccccc1CN(C)C(=O)[C@H](O)[C@@H](O)C(=O)NCc1cc(Cc2ccccc2Cl)cs1. The van der Waals surface area contributed by atoms with Gasteiger partial charge in [0.15, 0.2) is 12.2 Å². The molecule has 2 atom stereocenters. The number of aliphatic hydroxyl groups is 2. The van der Waals surface area contributed by atoms with Crippen molar-refractivity contribution in [1.82, 2.24) is 10.2 Å². The first-order chi connectivity index (χ1) is 15.8. The molecule has 0 spiro atoms. The van der Waals surface area contributed by atoms with Crippen molar-refractivity contribution in [3.63, 3.8) is 0 Å². The first kappa shape index (κ1) is 24.9. The van der Waals surface area contributed by atoms with Crippen LogP contribution in [-0.4, -0.2) is 46.2 Å². The fourth-order valence-corrected chi connectivity index (χ4v) is 4.41. The van der Waals surface area contributed by atoms with Crippen molar-refractivity contribution in [2.24, 2.45) is 0 Å². The maximum absolute atomic E-state index is 12.5. The quantitative estimate of drug-likeness (QED) is 0.433. The Kier molecular flexibility index (Phi) is 8.63. The van der Waals surface area contributed by atoms with Gasteiger partial charge in [0, 0.05) is 23.5 Å². The molecule has 0 aliphatic heterocycles. The molecular formula is C25H27ClN2O4S. The minimum atomic E-state index is -1.86. The van der Waals surface area contributed by atoms with E-state index in [1.165, 1.54) is 23.3 Å². The zero-order valence-electron chi connectivity index (χ0n) is 18.5. The van der Waals surface area contributed by atoms with E-state index in [2.05, 4.69) is 5.32 Å². The molecule has 0 unspecified atom stereocenters. The van der Waals surface area contributed by atoms with Gasteiger partial charge in [0.05, 0.1) is 6.54 Å². The molecule has 0 bridgehead atoms. The van der Waals surface area contributed by atoms with E-state index < -0.39 is 24.0 Å². The third-order valence-corrected chi connectivity index (χ3v) is 6.72. The smallest absolute Gasteiger partial charge is 0.254 e. The third kappa shape index (κ3) is 6.65. The molecule has 6 nitrogen and oxygen atoms in total. The number of hydrogen-bond acceptors (Lipinski definition) is 5. The molecule has 3 N–H and O–H groups in total. The van der Waals surface area contributed by atoms with Crippen molar-refractivity contribution in [3.8, 4) is 0 Å². The van der Waals surface area contributed by atoms with Gasteiger partial charge in [0.25, 0.3) is 11.8 Å². The molecule has 8 heteroatoms. The molecule has 3 aromatic rings. The number of thiophene rings is 1. The van der Waals surface area contributed by atoms with Crippen LogP contribution in [0.25, 0.3) is 0 Å². The molecule has 2 amide bonds. The van der Waals surface area contributed by atoms with Crippen LogP contribution in [0.4, 0.5) is 0 Å². The Labute approximate surface area is 202 Å². The summed E-state index contributed by atoms with van der Waals surface area (Å²) in [5.74, 6) is -1.53. The van der Waals surface area contributed by atoms with Gasteiger partial charge in [-0.1, -0.05) is 54.1 Å². The maximum Gasteiger partial charge on any atom is 0.254 e. The molecule has 3 rings (SSSR count). The number of aryl methyl sites for hydroxylation is 1. The number of likely N-dealkylation sites (N-methyl/N-ethyl adjacent to an activating group) is 1. The largest absolute Gasteiger partial charge is 0.380 e. The van der Waals surface area contributed by atoms with Crippen LogP contribution in [-0.2, 0) is 29.1 Å². The third-order valence-electron chi connectivity index (χ3n) is 5.36. The summed E-state index contributed by atoms with van der Waals surface area (Å²) < 4.78 is 0. The number of nitrogens with zero attached hydrogens (tertiary/aromatic N) is 1. The average molecular weight is 487 g/mol. The number of hydrogen-bond donors (Lipinski definition) is 3. The molecule has 0 fully saturated rings. The van der Waals surface area contributed by atoms with E-state index in [1.54, 1.807) is 0 Å². The summed E-state index contributed by atoms with van der Waals surface area (Å²) in [6, 6.07) is 17.2. The number of carbonyl (C=O) groups excluding carboxylic acids is 2. The van der Waals surface area contributed by atoms with Gasteiger partial charge in [0.1, 0.15) is 0 Å². The van der Waals surface area contributed by atoms with Crippen LogP contribution in [0.5, 0.6) is 0 Å². The van der Waals surface area contributed by atoms with Gasteiger partial charge in [-0.15, -0.1) is 11.3 Å². The Morgan fingerprint density at radius 2 is 1.73 bits per heavy atom. The van der Waals surface area contributed by atoms with Crippen LogP contribution in [0.2, 0.25) is 5.02 Å². The van der Waals surface area contributed by atoms with Crippen LogP contribution < -0.4 is 5.32 Å². The molecular weight excluding hydrogens is 460 g/mol. The number of amides is 2. The van der Waals surface area contributed by atoms with Gasteiger partial charge < -0.3 is 20.4 Å². The van der Waals surface area contributed by atoms with E-state index in [0.717, 1.165) is 27.1 Å². The number of aliphatic hydroxyl groups excluding tert-OH is 2. The second kappa shape index (κ2) is 11.4. The number of benzene rings is 2. The highest BCUT2D eigenvalue weighted by Gasteiger charge is 2.32. The molecule has 0 saturated carbocycles. The summed E-state index contributed by atoms with van der Waals surface area (Å²) in [4.78, 5) is 27.0. The van der Waals surface area contributed by atoms with E-state index in [4.69, 9.17) is 11.6 Å². The van der Waals surface area contributed by atoms with Crippen LogP contribution in [0.1, 0.15) is 27.1 Å². The number of halogens is 1. The molecule has 1 heterocycles. The summed E-state index contributed by atoms with van der Waals surface area (Å²) in [5, 5.41) is 25.7. The lowest BCUT2D eigenvalue weighted by Gasteiger charge is -2.24. The number of rotatable bonds is 9. The normalized spacial score (nSPS) is 12.8. The summed E-state index contributed by atoms with van der Waals surface area (Å²) >= 11 is 7.69. The van der Waals surface area contributed by atoms with Crippen molar-refractivity contribution in [3.05, 3.63) is 92.1 Å². The van der Waals surface area contributed by atoms with Crippen LogP contribution in [0.15, 0.2) is 60.0 Å². The first-order valence-corrected chi connectivity index (χ1v) is 11.7. The van der Waals surface area contributed by atoms with Crippen molar-refractivity contribution in [2.45, 2.75) is 38.6 Å². The van der Waals surface area contributed by atoms with Gasteiger partial charge in [-0.25, -0.2) is 0 Å². The van der Waals surface area contributed by atoms with Crippen molar-refractivity contribution >= 4 is 34.8 Å². The first-order valence-electron chi connectivity index (χ1n) is 10.5. The standard InChI is InChI=1S/C25H27ClN2O4S/c1-16-7-3-4-9-19(16)14-28(2)25(32)23(30)22(29)24(31)27-13-20-12-17(15-33-20)11-18-8-5-6-10-21(18)26/h3-10,12,15,22-23,29-30H,11,13-14H2,1-2H3,(H,27,31)/t22-,23-/m1/s1. The van der Waals surface area contributed by atoms with Gasteiger partial charge in [-0.2, -0.15) is 0 Å². The van der Waals surface area contributed by atoms with Crippen molar-refractivity contribution in [1.29, 1.82) is 0 Å². The molecule has 33 heavy (non-hydrogen) atoms. The van der Waals surface area contributed by atoms with E-state index in [9.17, 15) is 19.8 Å². The molecule has 2 aromatic carbocycles. The predicted octanol–water partition coefficient (Wildman–Crippen LogP) is 3.30. The predicted molar refractivity (Wildman–Crippen MR) is 130 cm³/mol. The summed E-state index contributed by atoms with van der Waals surface area (Å²) in [7, 11) is 1.52. The van der Waals surface area contributed by atoms with E-state index in [0.29, 0.717) is 11.4 Å². The van der Waals surface area contributed by atoms with Gasteiger partial charge in [-0.3, -0.25) is 9.59 Å². The summed E-state index contributed by atoms with van der Waals surface area (Å²) in [6.07, 6.45) is -3.04. The lowest BCUT2D eigenvalue weighted by molar-refractivity contribution is -0.152. The topological polar surface area (TPSA) is 89.9 Å². The number of carbonyl (C=O) groups is 2. The maximum atomic E-state index is 12.5. The second-order valence-corrected chi connectivity index (χ2v) is 9.32. The van der Waals surface area contributed by atoms with Crippen LogP contribution in [0.3, 0.4) is 0 Å². The van der Waals surface area contributed by atoms with Gasteiger partial charge in [0.2, 0.25) is 0 Å². The highest BCUT2D eigenvalue weighted by atomic mass is 35.5. The fraction of sp³-hybridized carbons (Fsp3) is 0.280. The summed E-state index contributed by atoms with van der Waals surface area (Å²) in [5.41, 5.74) is 4.00. The molecule has 174 valence electrons. The fourth-order valence-electron chi connectivity index (χ4n) is 3.38. The monoisotopic (exact) mass is 486 g/mol. The van der Waals surface area contributed by atoms with E-state index in [-0.39, 0.29) is 13.1 Å². The average Bonchev–Trinajstić information content (AvgIpc) is 3.26. The molecule has 0 aliphatic carbocycles. The molecule has 1 aromatic heterocycles. The number of nitrogens with one attached hydrogen (secondary N) is 1. The van der Waals surface area contributed by atoms with Crippen LogP contribution in [0, 0.1) is 6.92 Å². The lowest BCUT2D eigenvalue weighted by Crippen LogP contribution is -2.49. The molecule has 0 saturated heterocycles. The van der Waals surface area contributed by atoms with Gasteiger partial charge >= 0.3 is 0 Å². The van der Waals surface area contributed by atoms with Gasteiger partial charge in [-0.05, 0) is 53.1 Å². The Hall–Kier alpha value is -2.71. The summed E-state index contributed by atoms with van der Waals surface area (Å²) in [6.45, 7) is 2.38. The minimum absolute atomic E-state index is 0.184. The van der Waals surface area contributed by atoms with Crippen molar-refractivity contribution in [2.75, 3.05) is 7.05 Å². The minimum Gasteiger partial charge on any atom is -0.380 e. The highest BCUT2D eigenvalue weighted by molar-refractivity contribution is 7.10. The zero-order chi connectivity index (χ0) is 24.0. The Morgan fingerprint density at radius 3 is 2.42 bits per heavy atom. The van der Waals surface area contributed by atoms with Crippen LogP contribution >= 0.6 is 22.9 Å². The highest BCUT2D eigenvalue weighted by Crippen LogP contribution is 2.22. The van der Waals surface area contributed by atoms with E-state index >= 15 is 0 Å². The second-order valence-electron chi connectivity index (χ2n) is 7.92.